The van der Waals surface area contributed by atoms with Crippen molar-refractivity contribution in [2.45, 2.75) is 39.5 Å². The Morgan fingerprint density at radius 3 is 2.70 bits per heavy atom. The summed E-state index contributed by atoms with van der Waals surface area (Å²) in [6.45, 7) is 4.04. The summed E-state index contributed by atoms with van der Waals surface area (Å²) in [6.07, 6.45) is 3.61. The standard InChI is InChI=1S/C14H19ClN2O3/c1-3-5-6-10(4-2)14(18)16-11-7-8-12(15)13(9-11)17(19)20/h7-10H,3-6H2,1-2H3,(H,16,18). The van der Waals surface area contributed by atoms with Crippen molar-refractivity contribution < 1.29 is 9.72 Å². The first-order valence-electron chi connectivity index (χ1n) is 6.74. The molecule has 0 aliphatic carbocycles. The second-order valence-electron chi connectivity index (χ2n) is 4.66. The van der Waals surface area contributed by atoms with Crippen LogP contribution in [0.4, 0.5) is 11.4 Å². The van der Waals surface area contributed by atoms with Crippen LogP contribution in [0, 0.1) is 16.0 Å². The van der Waals surface area contributed by atoms with Crippen LogP contribution in [-0.4, -0.2) is 10.8 Å². The molecule has 0 aliphatic rings. The van der Waals surface area contributed by atoms with Crippen molar-refractivity contribution in [2.24, 2.45) is 5.92 Å². The molecule has 5 nitrogen and oxygen atoms in total. The van der Waals surface area contributed by atoms with Gasteiger partial charge < -0.3 is 5.32 Å². The number of carbonyl (C=O) groups excluding carboxylic acids is 1. The van der Waals surface area contributed by atoms with Crippen LogP contribution in [0.1, 0.15) is 39.5 Å². The molecule has 110 valence electrons. The zero-order valence-corrected chi connectivity index (χ0v) is 12.4. The monoisotopic (exact) mass is 298 g/mol. The molecule has 0 radical (unpaired) electrons. The molecule has 20 heavy (non-hydrogen) atoms. The van der Waals surface area contributed by atoms with Gasteiger partial charge >= 0.3 is 0 Å². The van der Waals surface area contributed by atoms with E-state index in [0.717, 1.165) is 25.7 Å². The molecule has 1 N–H and O–H groups in total. The molecule has 0 saturated carbocycles. The second-order valence-corrected chi connectivity index (χ2v) is 5.07. The molecular formula is C14H19ClN2O3. The summed E-state index contributed by atoms with van der Waals surface area (Å²) < 4.78 is 0. The van der Waals surface area contributed by atoms with Gasteiger partial charge in [0.2, 0.25) is 5.91 Å². The van der Waals surface area contributed by atoms with Crippen LogP contribution >= 0.6 is 11.6 Å². The molecule has 1 aromatic carbocycles. The molecule has 0 heterocycles. The minimum atomic E-state index is -0.563. The number of benzene rings is 1. The SMILES string of the molecule is CCCCC(CC)C(=O)Nc1ccc(Cl)c([N+](=O)[O-])c1. The molecule has 0 fully saturated rings. The fourth-order valence-electron chi connectivity index (χ4n) is 1.95. The molecule has 0 aromatic heterocycles. The van der Waals surface area contributed by atoms with Gasteiger partial charge in [0.15, 0.2) is 0 Å². The van der Waals surface area contributed by atoms with Crippen LogP contribution in [0.3, 0.4) is 0 Å². The van der Waals surface area contributed by atoms with Crippen molar-refractivity contribution in [3.8, 4) is 0 Å². The summed E-state index contributed by atoms with van der Waals surface area (Å²) >= 11 is 5.73. The average Bonchev–Trinajstić information content (AvgIpc) is 2.41. The number of halogens is 1. The third-order valence-corrected chi connectivity index (χ3v) is 3.50. The van der Waals surface area contributed by atoms with Crippen molar-refractivity contribution in [1.82, 2.24) is 0 Å². The van der Waals surface area contributed by atoms with E-state index in [-0.39, 0.29) is 22.5 Å². The van der Waals surface area contributed by atoms with E-state index in [9.17, 15) is 14.9 Å². The predicted molar refractivity (Wildman–Crippen MR) is 80.0 cm³/mol. The smallest absolute Gasteiger partial charge is 0.289 e. The average molecular weight is 299 g/mol. The van der Waals surface area contributed by atoms with Crippen LogP contribution in [0.15, 0.2) is 18.2 Å². The lowest BCUT2D eigenvalue weighted by atomic mass is 9.98. The van der Waals surface area contributed by atoms with Gasteiger partial charge in [-0.15, -0.1) is 0 Å². The van der Waals surface area contributed by atoms with Crippen molar-refractivity contribution in [1.29, 1.82) is 0 Å². The minimum absolute atomic E-state index is 0.0611. The lowest BCUT2D eigenvalue weighted by Crippen LogP contribution is -2.22. The lowest BCUT2D eigenvalue weighted by Gasteiger charge is -2.14. The van der Waals surface area contributed by atoms with Crippen molar-refractivity contribution in [3.63, 3.8) is 0 Å². The minimum Gasteiger partial charge on any atom is -0.326 e. The maximum absolute atomic E-state index is 12.1. The summed E-state index contributed by atoms with van der Waals surface area (Å²) in [5.41, 5.74) is 0.201. The highest BCUT2D eigenvalue weighted by Crippen LogP contribution is 2.28. The Bertz CT molecular complexity index is 491. The number of nitrogens with one attached hydrogen (secondary N) is 1. The molecule has 6 heteroatoms. The largest absolute Gasteiger partial charge is 0.326 e. The molecule has 0 saturated heterocycles. The van der Waals surface area contributed by atoms with Gasteiger partial charge in [-0.1, -0.05) is 38.3 Å². The molecule has 1 amide bonds. The number of carbonyl (C=O) groups is 1. The molecule has 0 aliphatic heterocycles. The van der Waals surface area contributed by atoms with Gasteiger partial charge in [0.05, 0.1) is 4.92 Å². The van der Waals surface area contributed by atoms with Gasteiger partial charge in [-0.25, -0.2) is 0 Å². The van der Waals surface area contributed by atoms with Gasteiger partial charge in [-0.05, 0) is 25.0 Å². The van der Waals surface area contributed by atoms with Crippen LogP contribution in [-0.2, 0) is 4.79 Å². The van der Waals surface area contributed by atoms with E-state index in [1.807, 2.05) is 6.92 Å². The van der Waals surface area contributed by atoms with Crippen LogP contribution < -0.4 is 5.32 Å². The fourth-order valence-corrected chi connectivity index (χ4v) is 2.13. The number of amides is 1. The zero-order chi connectivity index (χ0) is 15.1. The quantitative estimate of drug-likeness (QED) is 0.599. The Morgan fingerprint density at radius 1 is 1.45 bits per heavy atom. The number of nitro groups is 1. The first kappa shape index (κ1) is 16.4. The molecular weight excluding hydrogens is 280 g/mol. The normalized spacial score (nSPS) is 11.9. The second kappa shape index (κ2) is 7.85. The Hall–Kier alpha value is -1.62. The molecule has 0 spiro atoms. The van der Waals surface area contributed by atoms with Gasteiger partial charge in [0, 0.05) is 17.7 Å². The topological polar surface area (TPSA) is 72.2 Å². The molecule has 1 rings (SSSR count). The van der Waals surface area contributed by atoms with E-state index >= 15 is 0 Å². The number of rotatable bonds is 7. The summed E-state index contributed by atoms with van der Waals surface area (Å²) in [4.78, 5) is 22.3. The first-order chi connectivity index (χ1) is 9.49. The van der Waals surface area contributed by atoms with Crippen LogP contribution in [0.2, 0.25) is 5.02 Å². The Morgan fingerprint density at radius 2 is 2.15 bits per heavy atom. The molecule has 1 aromatic rings. The van der Waals surface area contributed by atoms with E-state index < -0.39 is 4.92 Å². The van der Waals surface area contributed by atoms with Gasteiger partial charge in [-0.2, -0.15) is 0 Å². The number of hydrogen-bond acceptors (Lipinski definition) is 3. The molecule has 1 unspecified atom stereocenters. The number of nitrogens with zero attached hydrogens (tertiary/aromatic N) is 1. The summed E-state index contributed by atoms with van der Waals surface area (Å²) in [5, 5.41) is 13.6. The highest BCUT2D eigenvalue weighted by atomic mass is 35.5. The number of hydrogen-bond donors (Lipinski definition) is 1. The van der Waals surface area contributed by atoms with Crippen molar-refractivity contribution in [2.75, 3.05) is 5.32 Å². The summed E-state index contributed by atoms with van der Waals surface area (Å²) in [7, 11) is 0. The molecule has 0 bridgehead atoms. The third kappa shape index (κ3) is 4.49. The zero-order valence-electron chi connectivity index (χ0n) is 11.7. The Balaban J connectivity index is 2.79. The van der Waals surface area contributed by atoms with E-state index in [0.29, 0.717) is 5.69 Å². The van der Waals surface area contributed by atoms with E-state index in [1.54, 1.807) is 6.07 Å². The van der Waals surface area contributed by atoms with E-state index in [2.05, 4.69) is 12.2 Å². The van der Waals surface area contributed by atoms with E-state index in [4.69, 9.17) is 11.6 Å². The third-order valence-electron chi connectivity index (χ3n) is 3.18. The highest BCUT2D eigenvalue weighted by molar-refractivity contribution is 6.32. The van der Waals surface area contributed by atoms with Crippen LogP contribution in [0.25, 0.3) is 0 Å². The number of unbranched alkanes of at least 4 members (excludes halogenated alkanes) is 1. The molecule has 1 atom stereocenters. The predicted octanol–water partition coefficient (Wildman–Crippen LogP) is 4.40. The summed E-state index contributed by atoms with van der Waals surface area (Å²) in [5.74, 6) is -0.165. The fraction of sp³-hybridized carbons (Fsp3) is 0.500. The number of nitro benzene ring substituents is 1. The van der Waals surface area contributed by atoms with Gasteiger partial charge in [-0.3, -0.25) is 14.9 Å². The van der Waals surface area contributed by atoms with Crippen LogP contribution in [0.5, 0.6) is 0 Å². The lowest BCUT2D eigenvalue weighted by molar-refractivity contribution is -0.384. The van der Waals surface area contributed by atoms with Crippen molar-refractivity contribution >= 4 is 28.9 Å². The maximum atomic E-state index is 12.1. The maximum Gasteiger partial charge on any atom is 0.289 e. The summed E-state index contributed by atoms with van der Waals surface area (Å²) in [6, 6.07) is 4.27. The number of anilines is 1. The highest BCUT2D eigenvalue weighted by Gasteiger charge is 2.18. The van der Waals surface area contributed by atoms with Crippen molar-refractivity contribution in [3.05, 3.63) is 33.3 Å². The van der Waals surface area contributed by atoms with E-state index in [1.165, 1.54) is 12.1 Å². The van der Waals surface area contributed by atoms with Gasteiger partial charge in [0.25, 0.3) is 5.69 Å². The first-order valence-corrected chi connectivity index (χ1v) is 7.12. The van der Waals surface area contributed by atoms with Gasteiger partial charge in [0.1, 0.15) is 5.02 Å². The Kier molecular flexibility index (Phi) is 6.45. The Labute approximate surface area is 123 Å².